The lowest BCUT2D eigenvalue weighted by atomic mass is 10.1. The molecule has 14 heavy (non-hydrogen) atoms. The van der Waals surface area contributed by atoms with Gasteiger partial charge in [-0.2, -0.15) is 9.49 Å². The van der Waals surface area contributed by atoms with Crippen molar-refractivity contribution in [1.29, 1.82) is 0 Å². The highest BCUT2D eigenvalue weighted by atomic mass is 19.1. The zero-order valence-corrected chi connectivity index (χ0v) is 8.97. The van der Waals surface area contributed by atoms with E-state index in [0.717, 1.165) is 0 Å². The molecule has 0 atom stereocenters. The highest BCUT2D eigenvalue weighted by molar-refractivity contribution is 5.42. The average Bonchev–Trinajstić information content (AvgIpc) is 2.32. The Morgan fingerprint density at radius 3 is 2.43 bits per heavy atom. The summed E-state index contributed by atoms with van der Waals surface area (Å²) >= 11 is 0. The number of hydrogen-bond acceptors (Lipinski definition) is 3. The van der Waals surface area contributed by atoms with Gasteiger partial charge in [0, 0.05) is 7.11 Å². The molecule has 5 heteroatoms. The van der Waals surface area contributed by atoms with Gasteiger partial charge in [-0.3, -0.25) is 0 Å². The minimum atomic E-state index is -0.496. The molecular formula is C9H16FN3O. The molecule has 0 aliphatic carbocycles. The zero-order chi connectivity index (χ0) is 10.9. The van der Waals surface area contributed by atoms with Gasteiger partial charge in [0.1, 0.15) is 11.4 Å². The number of rotatable bonds is 2. The maximum atomic E-state index is 13.6. The second kappa shape index (κ2) is 3.57. The van der Waals surface area contributed by atoms with Crippen LogP contribution in [0.5, 0.6) is 0 Å². The van der Waals surface area contributed by atoms with Crippen LogP contribution >= 0.6 is 0 Å². The third kappa shape index (κ3) is 1.87. The van der Waals surface area contributed by atoms with E-state index in [1.807, 2.05) is 20.8 Å². The Labute approximate surface area is 82.8 Å². The Balaban J connectivity index is 3.15. The predicted molar refractivity (Wildman–Crippen MR) is 52.3 cm³/mol. The topological polar surface area (TPSA) is 53.1 Å². The molecule has 0 radical (unpaired) electrons. The van der Waals surface area contributed by atoms with Crippen LogP contribution in [-0.2, 0) is 16.9 Å². The van der Waals surface area contributed by atoms with Crippen molar-refractivity contribution in [1.82, 2.24) is 9.78 Å². The lowest BCUT2D eigenvalue weighted by Crippen LogP contribution is -2.25. The monoisotopic (exact) mass is 201 g/mol. The summed E-state index contributed by atoms with van der Waals surface area (Å²) in [5.74, 6) is -0.496. The van der Waals surface area contributed by atoms with Crippen LogP contribution in [0, 0.1) is 5.95 Å². The molecule has 0 spiro atoms. The largest absolute Gasteiger partial charge is 0.393 e. The number of nitrogens with two attached hydrogens (primary N) is 1. The first kappa shape index (κ1) is 11.0. The van der Waals surface area contributed by atoms with Gasteiger partial charge >= 0.3 is 0 Å². The summed E-state index contributed by atoms with van der Waals surface area (Å²) in [5, 5.41) is 4.06. The highest BCUT2D eigenvalue weighted by Crippen LogP contribution is 2.22. The summed E-state index contributed by atoms with van der Waals surface area (Å²) in [5.41, 5.74) is 5.65. The van der Waals surface area contributed by atoms with Gasteiger partial charge in [-0.15, -0.1) is 0 Å². The van der Waals surface area contributed by atoms with Crippen molar-refractivity contribution >= 4 is 5.69 Å². The molecule has 1 rings (SSSR count). The average molecular weight is 201 g/mol. The van der Waals surface area contributed by atoms with Gasteiger partial charge in [0.05, 0.1) is 12.1 Å². The molecule has 0 fully saturated rings. The van der Waals surface area contributed by atoms with E-state index in [1.54, 1.807) is 0 Å². The van der Waals surface area contributed by atoms with Crippen molar-refractivity contribution in [3.63, 3.8) is 0 Å². The zero-order valence-electron chi connectivity index (χ0n) is 8.97. The van der Waals surface area contributed by atoms with E-state index in [-0.39, 0.29) is 12.3 Å². The van der Waals surface area contributed by atoms with Gasteiger partial charge in [0.25, 0.3) is 0 Å². The Morgan fingerprint density at radius 1 is 1.50 bits per heavy atom. The summed E-state index contributed by atoms with van der Waals surface area (Å²) < 4.78 is 19.7. The summed E-state index contributed by atoms with van der Waals surface area (Å²) in [6, 6.07) is 0. The normalized spacial score (nSPS) is 12.1. The molecule has 4 nitrogen and oxygen atoms in total. The molecule has 0 aromatic carbocycles. The van der Waals surface area contributed by atoms with E-state index in [1.165, 1.54) is 11.8 Å². The number of nitrogens with zero attached hydrogens (tertiary/aromatic N) is 2. The van der Waals surface area contributed by atoms with E-state index in [4.69, 9.17) is 10.5 Å². The second-order valence-corrected chi connectivity index (χ2v) is 4.17. The quantitative estimate of drug-likeness (QED) is 0.789. The molecule has 1 aromatic rings. The molecule has 1 aromatic heterocycles. The maximum Gasteiger partial charge on any atom is 0.235 e. The molecule has 2 N–H and O–H groups in total. The Hall–Kier alpha value is -1.10. The van der Waals surface area contributed by atoms with Crippen molar-refractivity contribution in [2.24, 2.45) is 0 Å². The first-order valence-electron chi connectivity index (χ1n) is 4.40. The molecule has 80 valence electrons. The molecular weight excluding hydrogens is 185 g/mol. The van der Waals surface area contributed by atoms with E-state index < -0.39 is 11.5 Å². The lowest BCUT2D eigenvalue weighted by Gasteiger charge is -2.19. The number of nitrogen functional groups attached to an aromatic ring is 1. The van der Waals surface area contributed by atoms with E-state index in [0.29, 0.717) is 5.69 Å². The van der Waals surface area contributed by atoms with Gasteiger partial charge in [-0.25, -0.2) is 4.68 Å². The number of ether oxygens (including phenoxy) is 1. The number of anilines is 1. The molecule has 0 saturated carbocycles. The van der Waals surface area contributed by atoms with Crippen molar-refractivity contribution in [3.8, 4) is 0 Å². The standard InChI is InChI=1S/C9H16FN3O/c1-9(2,3)13-8(10)7(11)6(12-13)5-14-4/h5,11H2,1-4H3. The van der Waals surface area contributed by atoms with Crippen LogP contribution in [0.4, 0.5) is 10.1 Å². The van der Waals surface area contributed by atoms with Crippen LogP contribution in [0.25, 0.3) is 0 Å². The van der Waals surface area contributed by atoms with Crippen molar-refractivity contribution in [2.45, 2.75) is 32.9 Å². The molecule has 0 unspecified atom stereocenters. The molecule has 0 aliphatic heterocycles. The fourth-order valence-electron chi connectivity index (χ4n) is 1.14. The summed E-state index contributed by atoms with van der Waals surface area (Å²) in [7, 11) is 1.52. The Bertz CT molecular complexity index is 328. The molecule has 0 bridgehead atoms. The predicted octanol–water partition coefficient (Wildman–Crippen LogP) is 1.51. The fourth-order valence-corrected chi connectivity index (χ4v) is 1.14. The van der Waals surface area contributed by atoms with Gasteiger partial charge < -0.3 is 10.5 Å². The molecule has 0 amide bonds. The molecule has 0 saturated heterocycles. The maximum absolute atomic E-state index is 13.6. The van der Waals surface area contributed by atoms with Gasteiger partial charge in [0.15, 0.2) is 0 Å². The summed E-state index contributed by atoms with van der Waals surface area (Å²) in [6.45, 7) is 5.81. The Morgan fingerprint density at radius 2 is 2.07 bits per heavy atom. The first-order valence-corrected chi connectivity index (χ1v) is 4.40. The van der Waals surface area contributed by atoms with E-state index in [2.05, 4.69) is 5.10 Å². The molecule has 1 heterocycles. The van der Waals surface area contributed by atoms with Gasteiger partial charge in [0.2, 0.25) is 5.95 Å². The number of hydrogen-bond donors (Lipinski definition) is 1. The third-order valence-corrected chi connectivity index (χ3v) is 1.86. The third-order valence-electron chi connectivity index (χ3n) is 1.86. The number of methoxy groups -OCH3 is 1. The summed E-state index contributed by atoms with van der Waals surface area (Å²) in [6.07, 6.45) is 0. The van der Waals surface area contributed by atoms with Crippen LogP contribution in [0.15, 0.2) is 0 Å². The van der Waals surface area contributed by atoms with Crippen LogP contribution < -0.4 is 5.73 Å². The smallest absolute Gasteiger partial charge is 0.235 e. The van der Waals surface area contributed by atoms with Crippen molar-refractivity contribution in [3.05, 3.63) is 11.6 Å². The first-order chi connectivity index (χ1) is 6.38. The second-order valence-electron chi connectivity index (χ2n) is 4.17. The minimum Gasteiger partial charge on any atom is -0.393 e. The molecule has 0 aliphatic rings. The van der Waals surface area contributed by atoms with Gasteiger partial charge in [-0.05, 0) is 20.8 Å². The number of halogens is 1. The fraction of sp³-hybridized carbons (Fsp3) is 0.667. The van der Waals surface area contributed by atoms with E-state index in [9.17, 15) is 4.39 Å². The van der Waals surface area contributed by atoms with Crippen LogP contribution in [0.2, 0.25) is 0 Å². The Kier molecular flexibility index (Phi) is 2.80. The van der Waals surface area contributed by atoms with Crippen LogP contribution in [-0.4, -0.2) is 16.9 Å². The van der Waals surface area contributed by atoms with E-state index >= 15 is 0 Å². The number of aromatic nitrogens is 2. The van der Waals surface area contributed by atoms with Crippen LogP contribution in [0.1, 0.15) is 26.5 Å². The minimum absolute atomic E-state index is 0.0711. The highest BCUT2D eigenvalue weighted by Gasteiger charge is 2.23. The lowest BCUT2D eigenvalue weighted by molar-refractivity contribution is 0.179. The SMILES string of the molecule is COCc1nn(C(C)(C)C)c(F)c1N. The summed E-state index contributed by atoms with van der Waals surface area (Å²) in [4.78, 5) is 0. The van der Waals surface area contributed by atoms with Crippen molar-refractivity contribution in [2.75, 3.05) is 12.8 Å². The van der Waals surface area contributed by atoms with Gasteiger partial charge in [-0.1, -0.05) is 0 Å². The van der Waals surface area contributed by atoms with Crippen LogP contribution in [0.3, 0.4) is 0 Å². The van der Waals surface area contributed by atoms with Crippen molar-refractivity contribution < 1.29 is 9.13 Å².